The predicted molar refractivity (Wildman–Crippen MR) is 130 cm³/mol. The molecule has 3 aliphatic rings. The molecule has 0 spiro atoms. The van der Waals surface area contributed by atoms with Gasteiger partial charge in [-0.3, -0.25) is 4.79 Å². The standard InChI is InChI=1S/C29H28F7NO3/c1-15-7-21(30)3-6-24(15)26-25-13-37(22-4-5-23(38)11-22)12-18(25)14-39-27(26)40-16(2)17-8-19(28(31,32)33)10-20(9-17)29(34,35)36/h3,6-11,16,18,25-27H,4-5,12-14H2,1-2H3/t16-,18+,25-,26+,27-/m1/s1. The van der Waals surface area contributed by atoms with E-state index in [4.69, 9.17) is 9.47 Å². The number of benzene rings is 2. The molecule has 2 fully saturated rings. The van der Waals surface area contributed by atoms with Gasteiger partial charge in [-0.25, -0.2) is 4.39 Å². The smallest absolute Gasteiger partial charge is 0.374 e. The first-order valence-corrected chi connectivity index (χ1v) is 13.0. The molecule has 216 valence electrons. The highest BCUT2D eigenvalue weighted by atomic mass is 19.4. The Bertz CT molecular complexity index is 1290. The van der Waals surface area contributed by atoms with Gasteiger partial charge in [-0.1, -0.05) is 6.07 Å². The van der Waals surface area contributed by atoms with Crippen LogP contribution in [0, 0.1) is 24.6 Å². The number of fused-ring (bicyclic) bond motifs is 1. The van der Waals surface area contributed by atoms with Gasteiger partial charge in [-0.05, 0) is 73.2 Å². The first kappa shape index (κ1) is 28.6. The van der Waals surface area contributed by atoms with Crippen molar-refractivity contribution in [3.8, 4) is 0 Å². The summed E-state index contributed by atoms with van der Waals surface area (Å²) in [5.41, 5.74) is -0.842. The van der Waals surface area contributed by atoms with Crippen LogP contribution >= 0.6 is 0 Å². The van der Waals surface area contributed by atoms with E-state index < -0.39 is 47.6 Å². The summed E-state index contributed by atoms with van der Waals surface area (Å²) < 4.78 is 107. The number of likely N-dealkylation sites (tertiary alicyclic amines) is 1. The second kappa shape index (κ2) is 10.5. The van der Waals surface area contributed by atoms with Crippen molar-refractivity contribution in [1.29, 1.82) is 0 Å². The van der Waals surface area contributed by atoms with Crippen LogP contribution in [0.2, 0.25) is 0 Å². The maximum Gasteiger partial charge on any atom is 0.416 e. The number of ether oxygens (including phenoxy) is 2. The van der Waals surface area contributed by atoms with Crippen LogP contribution in [-0.2, 0) is 26.6 Å². The van der Waals surface area contributed by atoms with E-state index in [1.165, 1.54) is 19.1 Å². The molecule has 40 heavy (non-hydrogen) atoms. The molecule has 5 atom stereocenters. The van der Waals surface area contributed by atoms with Crippen LogP contribution in [0.5, 0.6) is 0 Å². The normalized spacial score (nSPS) is 26.2. The molecule has 2 aliphatic heterocycles. The topological polar surface area (TPSA) is 38.8 Å². The lowest BCUT2D eigenvalue weighted by molar-refractivity contribution is -0.217. The van der Waals surface area contributed by atoms with Crippen molar-refractivity contribution in [2.24, 2.45) is 11.8 Å². The number of allylic oxidation sites excluding steroid dienone is 2. The van der Waals surface area contributed by atoms with Crippen molar-refractivity contribution >= 4 is 5.78 Å². The van der Waals surface area contributed by atoms with Crippen LogP contribution in [-0.4, -0.2) is 36.7 Å². The van der Waals surface area contributed by atoms with Crippen molar-refractivity contribution < 1.29 is 45.0 Å². The lowest BCUT2D eigenvalue weighted by Crippen LogP contribution is -2.42. The van der Waals surface area contributed by atoms with E-state index in [2.05, 4.69) is 4.90 Å². The molecule has 1 aliphatic carbocycles. The van der Waals surface area contributed by atoms with Crippen molar-refractivity contribution in [2.75, 3.05) is 19.7 Å². The second-order valence-electron chi connectivity index (χ2n) is 10.8. The van der Waals surface area contributed by atoms with Gasteiger partial charge in [0.25, 0.3) is 0 Å². The molecular weight excluding hydrogens is 543 g/mol. The largest absolute Gasteiger partial charge is 0.416 e. The molecule has 2 aromatic rings. The highest BCUT2D eigenvalue weighted by Gasteiger charge is 2.48. The predicted octanol–water partition coefficient (Wildman–Crippen LogP) is 7.18. The van der Waals surface area contributed by atoms with Gasteiger partial charge < -0.3 is 14.4 Å². The van der Waals surface area contributed by atoms with E-state index in [1.54, 1.807) is 19.1 Å². The Balaban J connectivity index is 1.47. The number of alkyl halides is 6. The number of ketones is 1. The Hall–Kier alpha value is -2.92. The first-order chi connectivity index (χ1) is 18.7. The molecule has 0 amide bonds. The quantitative estimate of drug-likeness (QED) is 0.357. The Labute approximate surface area is 226 Å². The SMILES string of the molecule is Cc1cc(F)ccc1[C@@H]1[C@@H](O[C@H](C)c2cc(C(F)(F)F)cc(C(F)(F)F)c2)OC[C@@H]2CN(C3=CC(=O)CC3)C[C@H]21. The molecule has 0 saturated carbocycles. The van der Waals surface area contributed by atoms with E-state index in [0.717, 1.165) is 11.3 Å². The van der Waals surface area contributed by atoms with Gasteiger partial charge in [0.1, 0.15) is 5.82 Å². The summed E-state index contributed by atoms with van der Waals surface area (Å²) in [4.78, 5) is 14.0. The van der Waals surface area contributed by atoms with Crippen LogP contribution in [0.4, 0.5) is 30.7 Å². The summed E-state index contributed by atoms with van der Waals surface area (Å²) in [7, 11) is 0. The number of rotatable bonds is 5. The van der Waals surface area contributed by atoms with Gasteiger partial charge in [0.2, 0.25) is 0 Å². The Kier molecular flexibility index (Phi) is 7.50. The molecule has 0 bridgehead atoms. The van der Waals surface area contributed by atoms with Crippen LogP contribution in [0.1, 0.15) is 59.6 Å². The lowest BCUT2D eigenvalue weighted by atomic mass is 9.76. The number of hydrogen-bond acceptors (Lipinski definition) is 4. The third-order valence-electron chi connectivity index (χ3n) is 8.09. The van der Waals surface area contributed by atoms with E-state index in [1.807, 2.05) is 0 Å². The van der Waals surface area contributed by atoms with Gasteiger partial charge in [0.05, 0.1) is 23.8 Å². The van der Waals surface area contributed by atoms with Gasteiger partial charge in [0, 0.05) is 43.1 Å². The van der Waals surface area contributed by atoms with Gasteiger partial charge in [-0.15, -0.1) is 0 Å². The highest BCUT2D eigenvalue weighted by Crippen LogP contribution is 2.47. The summed E-state index contributed by atoms with van der Waals surface area (Å²) in [6.45, 7) is 4.56. The Morgan fingerprint density at radius 3 is 2.23 bits per heavy atom. The molecule has 2 aromatic carbocycles. The van der Waals surface area contributed by atoms with E-state index in [-0.39, 0.29) is 35.9 Å². The minimum absolute atomic E-state index is 0.0339. The van der Waals surface area contributed by atoms with E-state index >= 15 is 0 Å². The molecule has 5 rings (SSSR count). The first-order valence-electron chi connectivity index (χ1n) is 13.0. The molecule has 0 N–H and O–H groups in total. The summed E-state index contributed by atoms with van der Waals surface area (Å²) in [5, 5.41) is 0. The highest BCUT2D eigenvalue weighted by molar-refractivity contribution is 5.92. The van der Waals surface area contributed by atoms with Crippen LogP contribution in [0.15, 0.2) is 48.2 Å². The fourth-order valence-corrected chi connectivity index (χ4v) is 6.08. The summed E-state index contributed by atoms with van der Waals surface area (Å²) >= 11 is 0. The van der Waals surface area contributed by atoms with Crippen molar-refractivity contribution in [2.45, 2.75) is 57.4 Å². The van der Waals surface area contributed by atoms with E-state index in [9.17, 15) is 35.5 Å². The number of halogens is 7. The van der Waals surface area contributed by atoms with Crippen LogP contribution < -0.4 is 0 Å². The van der Waals surface area contributed by atoms with Crippen molar-refractivity contribution in [3.05, 3.63) is 81.8 Å². The van der Waals surface area contributed by atoms with Gasteiger partial charge in [-0.2, -0.15) is 26.3 Å². The third-order valence-corrected chi connectivity index (χ3v) is 8.09. The molecule has 0 radical (unpaired) electrons. The van der Waals surface area contributed by atoms with Crippen molar-refractivity contribution in [3.63, 3.8) is 0 Å². The molecular formula is C29H28F7NO3. The van der Waals surface area contributed by atoms with E-state index in [0.29, 0.717) is 43.6 Å². The Morgan fingerprint density at radius 2 is 1.65 bits per heavy atom. The molecule has 0 unspecified atom stereocenters. The molecule has 4 nitrogen and oxygen atoms in total. The third kappa shape index (κ3) is 5.76. The maximum absolute atomic E-state index is 14.0. The zero-order chi connectivity index (χ0) is 29.0. The van der Waals surface area contributed by atoms with Crippen LogP contribution in [0.25, 0.3) is 0 Å². The van der Waals surface area contributed by atoms with Gasteiger partial charge in [0.15, 0.2) is 12.1 Å². The molecule has 11 heteroatoms. The average Bonchev–Trinajstić information content (AvgIpc) is 3.49. The number of carbonyl (C=O) groups excluding carboxylic acids is 1. The summed E-state index contributed by atoms with van der Waals surface area (Å²) in [6, 6.07) is 5.69. The monoisotopic (exact) mass is 571 g/mol. The summed E-state index contributed by atoms with van der Waals surface area (Å²) in [6.07, 6.45) is -9.45. The second-order valence-corrected chi connectivity index (χ2v) is 10.8. The fraction of sp³-hybridized carbons (Fsp3) is 0.483. The zero-order valence-corrected chi connectivity index (χ0v) is 21.8. The molecule has 2 heterocycles. The average molecular weight is 572 g/mol. The number of nitrogens with zero attached hydrogens (tertiary/aromatic N) is 1. The zero-order valence-electron chi connectivity index (χ0n) is 21.8. The van der Waals surface area contributed by atoms with Crippen LogP contribution in [0.3, 0.4) is 0 Å². The Morgan fingerprint density at radius 1 is 0.975 bits per heavy atom. The molecule has 2 saturated heterocycles. The summed E-state index contributed by atoms with van der Waals surface area (Å²) in [5.74, 6) is -0.893. The fourth-order valence-electron chi connectivity index (χ4n) is 6.08. The van der Waals surface area contributed by atoms with Crippen molar-refractivity contribution in [1.82, 2.24) is 4.90 Å². The minimum Gasteiger partial charge on any atom is -0.374 e. The maximum atomic E-state index is 14.0. The number of carbonyl (C=O) groups is 1. The number of hydrogen-bond donors (Lipinski definition) is 0. The minimum atomic E-state index is -4.98. The molecule has 0 aromatic heterocycles. The lowest BCUT2D eigenvalue weighted by Gasteiger charge is -2.41. The van der Waals surface area contributed by atoms with Gasteiger partial charge >= 0.3 is 12.4 Å². The number of aryl methyl sites for hydroxylation is 1.